The summed E-state index contributed by atoms with van der Waals surface area (Å²) in [6.45, 7) is 1.85. The van der Waals surface area contributed by atoms with E-state index in [0.29, 0.717) is 22.8 Å². The van der Waals surface area contributed by atoms with E-state index < -0.39 is 0 Å². The average Bonchev–Trinajstić information content (AvgIpc) is 2.83. The van der Waals surface area contributed by atoms with Crippen LogP contribution in [0.5, 0.6) is 17.2 Å². The second-order valence-corrected chi connectivity index (χ2v) is 7.04. The number of ether oxygens (including phenoxy) is 3. The Morgan fingerprint density at radius 3 is 2.39 bits per heavy atom. The van der Waals surface area contributed by atoms with Crippen molar-refractivity contribution in [3.63, 3.8) is 0 Å². The van der Waals surface area contributed by atoms with Gasteiger partial charge in [-0.15, -0.1) is 0 Å². The van der Waals surface area contributed by atoms with Gasteiger partial charge in [0.1, 0.15) is 5.75 Å². The molecule has 3 aromatic carbocycles. The molecule has 2 amide bonds. The van der Waals surface area contributed by atoms with Crippen LogP contribution in [0, 0.1) is 6.92 Å². The minimum atomic E-state index is -0.383. The van der Waals surface area contributed by atoms with E-state index in [1.54, 1.807) is 42.5 Å². The lowest BCUT2D eigenvalue weighted by Crippen LogP contribution is -2.20. The maximum absolute atomic E-state index is 12.3. The number of methoxy groups -OCH3 is 2. The van der Waals surface area contributed by atoms with E-state index in [-0.39, 0.29) is 18.4 Å². The highest BCUT2D eigenvalue weighted by Gasteiger charge is 2.10. The van der Waals surface area contributed by atoms with Gasteiger partial charge in [0.25, 0.3) is 11.8 Å². The number of anilines is 1. The van der Waals surface area contributed by atoms with Gasteiger partial charge in [0, 0.05) is 11.3 Å². The van der Waals surface area contributed by atoms with E-state index in [0.717, 1.165) is 16.8 Å². The van der Waals surface area contributed by atoms with Crippen LogP contribution in [0.25, 0.3) is 0 Å². The molecule has 3 aromatic rings. The lowest BCUT2D eigenvalue weighted by Gasteiger charge is -2.08. The Kier molecular flexibility index (Phi) is 8.02. The maximum Gasteiger partial charge on any atom is 0.271 e. The first kappa shape index (κ1) is 23.3. The Morgan fingerprint density at radius 2 is 1.70 bits per heavy atom. The maximum atomic E-state index is 12.3. The summed E-state index contributed by atoms with van der Waals surface area (Å²) in [5, 5.41) is 6.76. The molecule has 0 unspecified atom stereocenters. The van der Waals surface area contributed by atoms with Crippen LogP contribution in [-0.2, 0) is 4.79 Å². The highest BCUT2D eigenvalue weighted by Crippen LogP contribution is 2.27. The largest absolute Gasteiger partial charge is 0.493 e. The van der Waals surface area contributed by atoms with Gasteiger partial charge in [-0.1, -0.05) is 12.1 Å². The number of aryl methyl sites for hydroxylation is 1. The minimum absolute atomic E-state index is 0.108. The van der Waals surface area contributed by atoms with Crippen LogP contribution in [0.3, 0.4) is 0 Å². The summed E-state index contributed by atoms with van der Waals surface area (Å²) in [6.07, 6.45) is 1.51. The number of benzene rings is 3. The summed E-state index contributed by atoms with van der Waals surface area (Å²) in [7, 11) is 3.03. The van der Waals surface area contributed by atoms with Crippen molar-refractivity contribution in [2.24, 2.45) is 5.10 Å². The molecule has 0 aliphatic rings. The molecule has 0 fully saturated rings. The number of carbonyl (C=O) groups is 2. The Bertz CT molecular complexity index is 1140. The van der Waals surface area contributed by atoms with E-state index in [1.165, 1.54) is 20.4 Å². The van der Waals surface area contributed by atoms with Gasteiger partial charge in [0.2, 0.25) is 0 Å². The molecule has 0 aromatic heterocycles. The number of nitrogens with one attached hydrogen (secondary N) is 2. The van der Waals surface area contributed by atoms with Crippen LogP contribution in [0.2, 0.25) is 0 Å². The van der Waals surface area contributed by atoms with Gasteiger partial charge in [-0.3, -0.25) is 9.59 Å². The van der Waals surface area contributed by atoms with Crippen LogP contribution < -0.4 is 25.0 Å². The fourth-order valence-electron chi connectivity index (χ4n) is 2.93. The fraction of sp³-hybridized carbons (Fsp3) is 0.160. The predicted octanol–water partition coefficient (Wildman–Crippen LogP) is 3.79. The van der Waals surface area contributed by atoms with Crippen molar-refractivity contribution in [1.82, 2.24) is 5.43 Å². The molecule has 33 heavy (non-hydrogen) atoms. The zero-order valence-corrected chi connectivity index (χ0v) is 18.6. The number of rotatable bonds is 9. The monoisotopic (exact) mass is 447 g/mol. The summed E-state index contributed by atoms with van der Waals surface area (Å²) in [6, 6.07) is 19.4. The molecular formula is C25H25N3O5. The summed E-state index contributed by atoms with van der Waals surface area (Å²) in [4.78, 5) is 24.3. The minimum Gasteiger partial charge on any atom is -0.493 e. The predicted molar refractivity (Wildman–Crippen MR) is 126 cm³/mol. The first-order valence-corrected chi connectivity index (χ1v) is 10.1. The van der Waals surface area contributed by atoms with Gasteiger partial charge >= 0.3 is 0 Å². The molecular weight excluding hydrogens is 422 g/mol. The third kappa shape index (κ3) is 6.83. The van der Waals surface area contributed by atoms with Crippen LogP contribution in [0.4, 0.5) is 5.69 Å². The SMILES string of the molecule is COc1ccc(C(=O)N/N=C/c2ccc(OCC(=O)Nc3cccc(C)c3)cc2)cc1OC. The normalized spacial score (nSPS) is 10.5. The molecule has 0 saturated carbocycles. The van der Waals surface area contributed by atoms with E-state index in [1.807, 2.05) is 31.2 Å². The average molecular weight is 447 g/mol. The lowest BCUT2D eigenvalue weighted by molar-refractivity contribution is -0.118. The van der Waals surface area contributed by atoms with Crippen LogP contribution >= 0.6 is 0 Å². The van der Waals surface area contributed by atoms with Crippen molar-refractivity contribution in [3.05, 3.63) is 83.4 Å². The van der Waals surface area contributed by atoms with Gasteiger partial charge < -0.3 is 19.5 Å². The zero-order chi connectivity index (χ0) is 23.6. The summed E-state index contributed by atoms with van der Waals surface area (Å²) < 4.78 is 15.9. The smallest absolute Gasteiger partial charge is 0.271 e. The first-order valence-electron chi connectivity index (χ1n) is 10.1. The molecule has 0 aliphatic carbocycles. The van der Waals surface area contributed by atoms with Gasteiger partial charge in [-0.25, -0.2) is 5.43 Å². The molecule has 0 aliphatic heterocycles. The number of nitrogens with zero attached hydrogens (tertiary/aromatic N) is 1. The van der Waals surface area contributed by atoms with Gasteiger partial charge in [-0.05, 0) is 72.6 Å². The number of hydrogen-bond acceptors (Lipinski definition) is 6. The molecule has 3 rings (SSSR count). The summed E-state index contributed by atoms with van der Waals surface area (Å²) >= 11 is 0. The molecule has 0 saturated heterocycles. The number of amides is 2. The molecule has 2 N–H and O–H groups in total. The topological polar surface area (TPSA) is 98.3 Å². The Balaban J connectivity index is 1.48. The van der Waals surface area contributed by atoms with Crippen molar-refractivity contribution in [2.45, 2.75) is 6.92 Å². The van der Waals surface area contributed by atoms with Gasteiger partial charge in [-0.2, -0.15) is 5.10 Å². The van der Waals surface area contributed by atoms with Crippen molar-refractivity contribution in [3.8, 4) is 17.2 Å². The molecule has 0 heterocycles. The second kappa shape index (κ2) is 11.3. The van der Waals surface area contributed by atoms with Crippen LogP contribution in [0.15, 0.2) is 71.8 Å². The van der Waals surface area contributed by atoms with Gasteiger partial charge in [0.05, 0.1) is 20.4 Å². The van der Waals surface area contributed by atoms with Crippen molar-refractivity contribution < 1.29 is 23.8 Å². The summed E-state index contributed by atoms with van der Waals surface area (Å²) in [5.74, 6) is 0.904. The van der Waals surface area contributed by atoms with Crippen molar-refractivity contribution >= 4 is 23.7 Å². The third-order valence-electron chi connectivity index (χ3n) is 4.58. The van der Waals surface area contributed by atoms with Crippen molar-refractivity contribution in [2.75, 3.05) is 26.1 Å². The molecule has 0 bridgehead atoms. The van der Waals surface area contributed by atoms with E-state index in [4.69, 9.17) is 14.2 Å². The molecule has 8 nitrogen and oxygen atoms in total. The third-order valence-corrected chi connectivity index (χ3v) is 4.58. The summed E-state index contributed by atoms with van der Waals surface area (Å²) in [5.41, 5.74) is 5.39. The molecule has 0 radical (unpaired) electrons. The van der Waals surface area contributed by atoms with E-state index in [2.05, 4.69) is 15.8 Å². The Labute approximate surface area is 192 Å². The number of carbonyl (C=O) groups excluding carboxylic acids is 2. The molecule has 0 spiro atoms. The first-order chi connectivity index (χ1) is 16.0. The van der Waals surface area contributed by atoms with E-state index >= 15 is 0 Å². The van der Waals surface area contributed by atoms with E-state index in [9.17, 15) is 9.59 Å². The number of hydrazone groups is 1. The highest BCUT2D eigenvalue weighted by atomic mass is 16.5. The Hall–Kier alpha value is -4.33. The quantitative estimate of drug-likeness (QED) is 0.384. The molecule has 0 atom stereocenters. The van der Waals surface area contributed by atoms with Gasteiger partial charge in [0.15, 0.2) is 18.1 Å². The number of hydrogen-bond donors (Lipinski definition) is 2. The fourth-order valence-corrected chi connectivity index (χ4v) is 2.93. The second-order valence-electron chi connectivity index (χ2n) is 7.04. The molecule has 170 valence electrons. The molecule has 8 heteroatoms. The standard InChI is InChI=1S/C25H25N3O5/c1-17-5-4-6-20(13-17)27-24(29)16-33-21-10-7-18(8-11-21)15-26-28-25(30)19-9-12-22(31-2)23(14-19)32-3/h4-15H,16H2,1-3H3,(H,27,29)(H,28,30)/b26-15+. The lowest BCUT2D eigenvalue weighted by atomic mass is 10.2. The zero-order valence-electron chi connectivity index (χ0n) is 18.6. The van der Waals surface area contributed by atoms with Crippen LogP contribution in [-0.4, -0.2) is 38.9 Å². The van der Waals surface area contributed by atoms with Crippen LogP contribution in [0.1, 0.15) is 21.5 Å². The van der Waals surface area contributed by atoms with Crippen molar-refractivity contribution in [1.29, 1.82) is 0 Å². The Morgan fingerprint density at radius 1 is 0.939 bits per heavy atom. The highest BCUT2D eigenvalue weighted by molar-refractivity contribution is 5.95.